The number of aryl methyl sites for hydroxylation is 1. The van der Waals surface area contributed by atoms with Crippen molar-refractivity contribution < 1.29 is 4.79 Å². The average Bonchev–Trinajstić information content (AvgIpc) is 3.09. The minimum absolute atomic E-state index is 0.0114. The van der Waals surface area contributed by atoms with Crippen molar-refractivity contribution in [3.63, 3.8) is 0 Å². The van der Waals surface area contributed by atoms with E-state index in [1.165, 1.54) is 24.2 Å². The lowest BCUT2D eigenvalue weighted by Gasteiger charge is -2.33. The van der Waals surface area contributed by atoms with Crippen molar-refractivity contribution >= 4 is 33.3 Å². The van der Waals surface area contributed by atoms with Crippen LogP contribution < -0.4 is 10.2 Å². The summed E-state index contributed by atoms with van der Waals surface area (Å²) in [6.07, 6.45) is 4.94. The normalized spacial score (nSPS) is 15.3. The average molecular weight is 433 g/mol. The number of carbonyl (C=O) groups is 1. The van der Waals surface area contributed by atoms with Gasteiger partial charge in [-0.25, -0.2) is 9.97 Å². The Morgan fingerprint density at radius 3 is 2.50 bits per heavy atom. The first-order valence-electron chi connectivity index (χ1n) is 11.2. The maximum Gasteiger partial charge on any atom is 0.261 e. The van der Waals surface area contributed by atoms with Crippen LogP contribution in [0.1, 0.15) is 48.3 Å². The number of carbonyl (C=O) groups excluding carboxylic acids is 1. The van der Waals surface area contributed by atoms with Gasteiger partial charge in [-0.15, -0.1) is 11.3 Å². The molecule has 0 unspecified atom stereocenters. The zero-order chi connectivity index (χ0) is 21.5. The number of amides is 1. The molecule has 30 heavy (non-hydrogen) atoms. The Balaban J connectivity index is 1.65. The Morgan fingerprint density at radius 1 is 1.13 bits per heavy atom. The van der Waals surface area contributed by atoms with Gasteiger partial charge in [-0.3, -0.25) is 4.79 Å². The van der Waals surface area contributed by atoms with E-state index < -0.39 is 0 Å². The summed E-state index contributed by atoms with van der Waals surface area (Å²) >= 11 is 1.48. The van der Waals surface area contributed by atoms with Crippen molar-refractivity contribution in [3.8, 4) is 0 Å². The maximum absolute atomic E-state index is 12.9. The number of piperazine rings is 1. The molecule has 1 amide bonds. The van der Waals surface area contributed by atoms with Crippen LogP contribution in [0.4, 0.5) is 5.82 Å². The molecule has 1 aliphatic heterocycles. The zero-order valence-corrected chi connectivity index (χ0v) is 19.7. The second-order valence-electron chi connectivity index (χ2n) is 8.18. The lowest BCUT2D eigenvalue weighted by Crippen LogP contribution is -2.44. The highest BCUT2D eigenvalue weighted by molar-refractivity contribution is 7.20. The molecule has 0 radical (unpaired) electrons. The highest BCUT2D eigenvalue weighted by atomic mass is 32.1. The quantitative estimate of drug-likeness (QED) is 0.582. The molecule has 0 aromatic carbocycles. The Morgan fingerprint density at radius 2 is 1.83 bits per heavy atom. The largest absolute Gasteiger partial charge is 0.353 e. The Hall–Kier alpha value is -1.77. The van der Waals surface area contributed by atoms with Crippen molar-refractivity contribution in [2.45, 2.75) is 40.0 Å². The lowest BCUT2D eigenvalue weighted by molar-refractivity contribution is 0.0955. The zero-order valence-electron chi connectivity index (χ0n) is 18.9. The minimum Gasteiger partial charge on any atom is -0.353 e. The van der Waals surface area contributed by atoms with Gasteiger partial charge < -0.3 is 20.0 Å². The number of nitrogens with zero attached hydrogens (tertiary/aromatic N) is 5. The molecule has 3 rings (SSSR count). The molecule has 1 aliphatic rings. The topological polar surface area (TPSA) is 64.6 Å². The van der Waals surface area contributed by atoms with Gasteiger partial charge in [0.05, 0.1) is 10.3 Å². The van der Waals surface area contributed by atoms with Crippen LogP contribution in [0, 0.1) is 6.92 Å². The number of anilines is 1. The van der Waals surface area contributed by atoms with Crippen LogP contribution in [-0.2, 0) is 0 Å². The summed E-state index contributed by atoms with van der Waals surface area (Å²) in [5.41, 5.74) is 1.00. The van der Waals surface area contributed by atoms with Crippen molar-refractivity contribution in [1.29, 1.82) is 0 Å². The molecule has 7 nitrogen and oxygen atoms in total. The molecular weight excluding hydrogens is 396 g/mol. The molecule has 1 N–H and O–H groups in total. The van der Waals surface area contributed by atoms with E-state index in [2.05, 4.69) is 50.9 Å². The van der Waals surface area contributed by atoms with E-state index in [9.17, 15) is 4.79 Å². The maximum atomic E-state index is 12.9. The number of thiophene rings is 1. The van der Waals surface area contributed by atoms with Gasteiger partial charge in [0.25, 0.3) is 5.91 Å². The lowest BCUT2D eigenvalue weighted by atomic mass is 10.1. The number of rotatable bonds is 10. The number of hydrogen-bond donors (Lipinski definition) is 1. The van der Waals surface area contributed by atoms with Crippen LogP contribution in [0.3, 0.4) is 0 Å². The van der Waals surface area contributed by atoms with Gasteiger partial charge in [0.1, 0.15) is 17.0 Å². The standard InChI is InChI=1S/C22H36N6OS/c1-5-9-27(10-6-2)11-7-8-23-21(29)19-17(3)18-20(24-16-25-22(18)30-19)28-14-12-26(4)13-15-28/h16H,5-15H2,1-4H3,(H,23,29). The van der Waals surface area contributed by atoms with E-state index in [-0.39, 0.29) is 5.91 Å². The van der Waals surface area contributed by atoms with Crippen molar-refractivity contribution in [1.82, 2.24) is 25.1 Å². The van der Waals surface area contributed by atoms with Gasteiger partial charge in [0.15, 0.2) is 0 Å². The monoisotopic (exact) mass is 432 g/mol. The number of nitrogens with one attached hydrogen (secondary N) is 1. The summed E-state index contributed by atoms with van der Waals surface area (Å²) in [7, 11) is 2.15. The number of hydrogen-bond acceptors (Lipinski definition) is 7. The predicted molar refractivity (Wildman–Crippen MR) is 126 cm³/mol. The third kappa shape index (κ3) is 5.47. The third-order valence-corrected chi connectivity index (χ3v) is 6.93. The van der Waals surface area contributed by atoms with Gasteiger partial charge >= 0.3 is 0 Å². The molecule has 0 aliphatic carbocycles. The van der Waals surface area contributed by atoms with Crippen molar-refractivity contribution in [2.75, 3.05) is 64.3 Å². The van der Waals surface area contributed by atoms with Crippen LogP contribution in [0.15, 0.2) is 6.33 Å². The first-order chi connectivity index (χ1) is 14.5. The van der Waals surface area contributed by atoms with Crippen LogP contribution in [0.2, 0.25) is 0 Å². The molecule has 166 valence electrons. The minimum atomic E-state index is 0.0114. The molecular formula is C22H36N6OS. The third-order valence-electron chi connectivity index (χ3n) is 5.73. The number of aromatic nitrogens is 2. The summed E-state index contributed by atoms with van der Waals surface area (Å²) in [4.78, 5) is 30.7. The molecule has 2 aromatic heterocycles. The molecule has 8 heteroatoms. The molecule has 2 aromatic rings. The fourth-order valence-electron chi connectivity index (χ4n) is 4.08. The predicted octanol–water partition coefficient (Wildman–Crippen LogP) is 2.99. The number of fused-ring (bicyclic) bond motifs is 1. The summed E-state index contributed by atoms with van der Waals surface area (Å²) in [6.45, 7) is 14.4. The van der Waals surface area contributed by atoms with Crippen molar-refractivity contribution in [3.05, 3.63) is 16.8 Å². The Bertz CT molecular complexity index is 824. The summed E-state index contributed by atoms with van der Waals surface area (Å²) in [5.74, 6) is 0.980. The second-order valence-corrected chi connectivity index (χ2v) is 9.17. The van der Waals surface area contributed by atoms with Gasteiger partial charge in [-0.2, -0.15) is 0 Å². The fourth-order valence-corrected chi connectivity index (χ4v) is 5.14. The Kier molecular flexibility index (Phi) is 8.41. The molecule has 0 atom stereocenters. The van der Waals surface area contributed by atoms with E-state index in [1.54, 1.807) is 6.33 Å². The second kappa shape index (κ2) is 11.0. The molecule has 0 saturated carbocycles. The van der Waals surface area contributed by atoms with Crippen LogP contribution in [-0.4, -0.2) is 85.1 Å². The van der Waals surface area contributed by atoms with Crippen molar-refractivity contribution in [2.24, 2.45) is 0 Å². The van der Waals surface area contributed by atoms with Gasteiger partial charge in [-0.05, 0) is 58.4 Å². The molecule has 1 fully saturated rings. The fraction of sp³-hybridized carbons (Fsp3) is 0.682. The van der Waals surface area contributed by atoms with Crippen LogP contribution >= 0.6 is 11.3 Å². The molecule has 3 heterocycles. The molecule has 1 saturated heterocycles. The first-order valence-corrected chi connectivity index (χ1v) is 12.0. The SMILES string of the molecule is CCCN(CCC)CCCNC(=O)c1sc2ncnc(N3CCN(C)CC3)c2c1C. The highest BCUT2D eigenvalue weighted by Gasteiger charge is 2.23. The van der Waals surface area contributed by atoms with Gasteiger partial charge in [-0.1, -0.05) is 13.8 Å². The molecule has 0 bridgehead atoms. The van der Waals surface area contributed by atoms with E-state index >= 15 is 0 Å². The Labute approximate surface area is 184 Å². The summed E-state index contributed by atoms with van der Waals surface area (Å²) in [6, 6.07) is 0. The van der Waals surface area contributed by atoms with Crippen LogP contribution in [0.25, 0.3) is 10.2 Å². The van der Waals surface area contributed by atoms with E-state index in [4.69, 9.17) is 0 Å². The van der Waals surface area contributed by atoms with E-state index in [1.807, 2.05) is 6.92 Å². The smallest absolute Gasteiger partial charge is 0.261 e. The van der Waals surface area contributed by atoms with E-state index in [0.717, 1.165) is 78.7 Å². The summed E-state index contributed by atoms with van der Waals surface area (Å²) < 4.78 is 0. The summed E-state index contributed by atoms with van der Waals surface area (Å²) in [5, 5.41) is 4.16. The highest BCUT2D eigenvalue weighted by Crippen LogP contribution is 2.35. The number of likely N-dealkylation sites (N-methyl/N-ethyl adjacent to an activating group) is 1. The van der Waals surface area contributed by atoms with E-state index in [0.29, 0.717) is 6.54 Å². The van der Waals surface area contributed by atoms with Crippen LogP contribution in [0.5, 0.6) is 0 Å². The van der Waals surface area contributed by atoms with Gasteiger partial charge in [0.2, 0.25) is 0 Å². The first kappa shape index (κ1) is 22.9. The van der Waals surface area contributed by atoms with Gasteiger partial charge in [0, 0.05) is 32.7 Å². The molecule has 0 spiro atoms.